The number of alkyl halides is 3. The van der Waals surface area contributed by atoms with Gasteiger partial charge >= 0.3 is 6.18 Å². The number of hydrogen-bond donors (Lipinski definition) is 3. The normalized spacial score (nSPS) is 19.1. The SMILES string of the molecule is CC(C)CCC1(O)C(=O)Nc2ccc(Nc3cccc(C(F)(F)F)c3)cc21. The smallest absolute Gasteiger partial charge is 0.375 e. The lowest BCUT2D eigenvalue weighted by molar-refractivity contribution is -0.137. The van der Waals surface area contributed by atoms with Crippen LogP contribution in [0.5, 0.6) is 0 Å². The number of carbonyl (C=O) groups is 1. The molecule has 0 saturated carbocycles. The van der Waals surface area contributed by atoms with Gasteiger partial charge < -0.3 is 15.7 Å². The van der Waals surface area contributed by atoms with Gasteiger partial charge in [0.15, 0.2) is 5.60 Å². The van der Waals surface area contributed by atoms with Gasteiger partial charge in [0.1, 0.15) is 0 Å². The molecule has 0 saturated heterocycles. The van der Waals surface area contributed by atoms with Crippen molar-refractivity contribution >= 4 is 23.0 Å². The average molecular weight is 378 g/mol. The van der Waals surface area contributed by atoms with E-state index < -0.39 is 23.2 Å². The van der Waals surface area contributed by atoms with Crippen LogP contribution in [0.4, 0.5) is 30.2 Å². The summed E-state index contributed by atoms with van der Waals surface area (Å²) in [6.45, 7) is 4.01. The molecule has 2 aromatic carbocycles. The van der Waals surface area contributed by atoms with E-state index in [0.717, 1.165) is 12.1 Å². The Kier molecular flexibility index (Phi) is 4.90. The van der Waals surface area contributed by atoms with Crippen molar-refractivity contribution < 1.29 is 23.1 Å². The second kappa shape index (κ2) is 6.88. The Hall–Kier alpha value is -2.54. The maximum absolute atomic E-state index is 12.9. The maximum atomic E-state index is 12.9. The summed E-state index contributed by atoms with van der Waals surface area (Å²) in [5.41, 5.74) is -0.671. The summed E-state index contributed by atoms with van der Waals surface area (Å²) in [6.07, 6.45) is -3.49. The highest BCUT2D eigenvalue weighted by atomic mass is 19.4. The number of nitrogens with one attached hydrogen (secondary N) is 2. The summed E-state index contributed by atoms with van der Waals surface area (Å²) in [5, 5.41) is 16.5. The van der Waals surface area contributed by atoms with Crippen molar-refractivity contribution in [3.63, 3.8) is 0 Å². The van der Waals surface area contributed by atoms with Crippen LogP contribution in [0.1, 0.15) is 37.8 Å². The van der Waals surface area contributed by atoms with Gasteiger partial charge in [-0.3, -0.25) is 4.79 Å². The predicted octanol–water partition coefficient (Wildman–Crippen LogP) is 5.02. The Morgan fingerprint density at radius 1 is 1.15 bits per heavy atom. The van der Waals surface area contributed by atoms with Crippen molar-refractivity contribution in [2.75, 3.05) is 10.6 Å². The molecule has 144 valence electrons. The molecular weight excluding hydrogens is 357 g/mol. The zero-order chi connectivity index (χ0) is 19.8. The first-order valence-electron chi connectivity index (χ1n) is 8.72. The number of rotatable bonds is 5. The third-order valence-corrected chi connectivity index (χ3v) is 4.65. The van der Waals surface area contributed by atoms with Crippen LogP contribution in [-0.4, -0.2) is 11.0 Å². The third-order valence-electron chi connectivity index (χ3n) is 4.65. The van der Waals surface area contributed by atoms with Gasteiger partial charge in [-0.2, -0.15) is 13.2 Å². The van der Waals surface area contributed by atoms with Gasteiger partial charge in [-0.1, -0.05) is 19.9 Å². The van der Waals surface area contributed by atoms with E-state index in [1.165, 1.54) is 12.1 Å². The zero-order valence-corrected chi connectivity index (χ0v) is 15.0. The van der Waals surface area contributed by atoms with Crippen molar-refractivity contribution in [2.24, 2.45) is 5.92 Å². The second-order valence-electron chi connectivity index (χ2n) is 7.21. The minimum absolute atomic E-state index is 0.271. The van der Waals surface area contributed by atoms with Crippen LogP contribution in [0.15, 0.2) is 42.5 Å². The molecule has 4 nitrogen and oxygen atoms in total. The van der Waals surface area contributed by atoms with E-state index in [-0.39, 0.29) is 12.1 Å². The molecule has 7 heteroatoms. The fourth-order valence-electron chi connectivity index (χ4n) is 3.11. The van der Waals surface area contributed by atoms with Gasteiger partial charge in [0.25, 0.3) is 5.91 Å². The summed E-state index contributed by atoms with van der Waals surface area (Å²) >= 11 is 0. The molecule has 2 aromatic rings. The molecule has 0 radical (unpaired) electrons. The van der Waals surface area contributed by atoms with E-state index in [2.05, 4.69) is 10.6 Å². The lowest BCUT2D eigenvalue weighted by Gasteiger charge is -2.22. The summed E-state index contributed by atoms with van der Waals surface area (Å²) in [7, 11) is 0. The number of anilines is 3. The van der Waals surface area contributed by atoms with Crippen molar-refractivity contribution in [1.82, 2.24) is 0 Å². The van der Waals surface area contributed by atoms with Crippen LogP contribution in [0, 0.1) is 5.92 Å². The molecule has 1 heterocycles. The van der Waals surface area contributed by atoms with Crippen molar-refractivity contribution in [3.05, 3.63) is 53.6 Å². The molecule has 3 rings (SSSR count). The molecule has 1 aliphatic rings. The van der Waals surface area contributed by atoms with Crippen LogP contribution < -0.4 is 10.6 Å². The van der Waals surface area contributed by atoms with E-state index in [1.54, 1.807) is 18.2 Å². The van der Waals surface area contributed by atoms with E-state index in [9.17, 15) is 23.1 Å². The number of fused-ring (bicyclic) bond motifs is 1. The van der Waals surface area contributed by atoms with Gasteiger partial charge in [-0.05, 0) is 55.2 Å². The average Bonchev–Trinajstić information content (AvgIpc) is 2.84. The molecule has 0 fully saturated rings. The highest BCUT2D eigenvalue weighted by Gasteiger charge is 2.44. The Morgan fingerprint density at radius 2 is 1.85 bits per heavy atom. The van der Waals surface area contributed by atoms with Crippen molar-refractivity contribution in [2.45, 2.75) is 38.5 Å². The lowest BCUT2D eigenvalue weighted by Crippen LogP contribution is -2.34. The first kappa shape index (κ1) is 19.2. The fraction of sp³-hybridized carbons (Fsp3) is 0.350. The largest absolute Gasteiger partial charge is 0.416 e. The summed E-state index contributed by atoms with van der Waals surface area (Å²) < 4.78 is 38.6. The first-order chi connectivity index (χ1) is 12.6. The van der Waals surface area contributed by atoms with Gasteiger partial charge in [0, 0.05) is 22.6 Å². The molecule has 0 aromatic heterocycles. The predicted molar refractivity (Wildman–Crippen MR) is 97.8 cm³/mol. The molecule has 1 aliphatic heterocycles. The summed E-state index contributed by atoms with van der Waals surface area (Å²) in [6, 6.07) is 9.75. The highest BCUT2D eigenvalue weighted by Crippen LogP contribution is 2.41. The van der Waals surface area contributed by atoms with Crippen LogP contribution >= 0.6 is 0 Å². The third kappa shape index (κ3) is 3.93. The number of hydrogen-bond acceptors (Lipinski definition) is 3. The minimum Gasteiger partial charge on any atom is -0.375 e. The Bertz CT molecular complexity index is 865. The maximum Gasteiger partial charge on any atom is 0.416 e. The number of amides is 1. The zero-order valence-electron chi connectivity index (χ0n) is 15.0. The molecule has 1 unspecified atom stereocenters. The standard InChI is InChI=1S/C20H21F3N2O2/c1-12(2)8-9-19(27)16-11-15(6-7-17(16)25-18(19)26)24-14-5-3-4-13(10-14)20(21,22)23/h3-7,10-12,24,27H,8-9H2,1-2H3,(H,25,26). The van der Waals surface area contributed by atoms with Crippen LogP contribution in [0.3, 0.4) is 0 Å². The van der Waals surface area contributed by atoms with E-state index >= 15 is 0 Å². The molecule has 0 aliphatic carbocycles. The lowest BCUT2D eigenvalue weighted by atomic mass is 9.87. The molecule has 1 amide bonds. The van der Waals surface area contributed by atoms with E-state index in [4.69, 9.17) is 0 Å². The highest BCUT2D eigenvalue weighted by molar-refractivity contribution is 6.05. The van der Waals surface area contributed by atoms with E-state index in [1.807, 2.05) is 13.8 Å². The van der Waals surface area contributed by atoms with Crippen molar-refractivity contribution in [3.8, 4) is 0 Å². The molecule has 0 spiro atoms. The van der Waals surface area contributed by atoms with E-state index in [0.29, 0.717) is 29.3 Å². The van der Waals surface area contributed by atoms with Gasteiger partial charge in [-0.15, -0.1) is 0 Å². The molecule has 1 atom stereocenters. The number of aliphatic hydroxyl groups is 1. The van der Waals surface area contributed by atoms with Gasteiger partial charge in [-0.25, -0.2) is 0 Å². The van der Waals surface area contributed by atoms with Crippen LogP contribution in [0.2, 0.25) is 0 Å². The summed E-state index contributed by atoms with van der Waals surface area (Å²) in [5.74, 6) is -0.161. The molecule has 27 heavy (non-hydrogen) atoms. The fourth-order valence-corrected chi connectivity index (χ4v) is 3.11. The topological polar surface area (TPSA) is 61.4 Å². The van der Waals surface area contributed by atoms with Crippen LogP contribution in [-0.2, 0) is 16.6 Å². The van der Waals surface area contributed by atoms with Gasteiger partial charge in [0.2, 0.25) is 0 Å². The first-order valence-corrected chi connectivity index (χ1v) is 8.72. The van der Waals surface area contributed by atoms with Crippen LogP contribution in [0.25, 0.3) is 0 Å². The summed E-state index contributed by atoms with van der Waals surface area (Å²) in [4.78, 5) is 12.3. The number of benzene rings is 2. The van der Waals surface area contributed by atoms with Gasteiger partial charge in [0.05, 0.1) is 5.56 Å². The number of halogens is 3. The molecule has 0 bridgehead atoms. The Balaban J connectivity index is 1.88. The second-order valence-corrected chi connectivity index (χ2v) is 7.21. The van der Waals surface area contributed by atoms with Crippen molar-refractivity contribution in [1.29, 1.82) is 0 Å². The quantitative estimate of drug-likeness (QED) is 0.684. The number of carbonyl (C=O) groups excluding carboxylic acids is 1. The Labute approximate surface area is 155 Å². The minimum atomic E-state index is -4.43. The molecular formula is C20H21F3N2O2. The monoisotopic (exact) mass is 378 g/mol. The Morgan fingerprint density at radius 3 is 2.52 bits per heavy atom. The molecule has 3 N–H and O–H groups in total.